The first kappa shape index (κ1) is 18.3. The number of rotatable bonds is 5. The van der Waals surface area contributed by atoms with E-state index in [1.807, 2.05) is 23.1 Å². The zero-order chi connectivity index (χ0) is 20.0. The quantitative estimate of drug-likeness (QED) is 0.501. The predicted octanol–water partition coefficient (Wildman–Crippen LogP) is 0.759. The third-order valence-corrected chi connectivity index (χ3v) is 6.31. The molecule has 3 N–H and O–H groups in total. The number of amides is 2. The molecule has 0 bridgehead atoms. The number of aromatic nitrogens is 1. The number of hydrogen-bond donors (Lipinski definition) is 3. The van der Waals surface area contributed by atoms with Gasteiger partial charge in [-0.05, 0) is 43.9 Å². The minimum atomic E-state index is -0.306. The highest BCUT2D eigenvalue weighted by atomic mass is 16.5. The number of fused-ring (bicyclic) bond motifs is 1. The highest BCUT2D eigenvalue weighted by molar-refractivity contribution is 5.94. The maximum absolute atomic E-state index is 13.0. The van der Waals surface area contributed by atoms with Crippen LogP contribution >= 0.6 is 0 Å². The van der Waals surface area contributed by atoms with E-state index in [9.17, 15) is 9.59 Å². The number of hydrogen-bond acceptors (Lipinski definition) is 6. The van der Waals surface area contributed by atoms with Gasteiger partial charge in [0.2, 0.25) is 6.41 Å². The number of carbonyl (C=O) groups is 2. The molecule has 1 aromatic rings. The number of aromatic amines is 1. The first-order valence-corrected chi connectivity index (χ1v) is 10.1. The summed E-state index contributed by atoms with van der Waals surface area (Å²) in [5, 5.41) is 0. The standard InChI is InChI=1S/C20H26N6O3/c1-21-23-17-10-14(2-6-25(17)13-27)26-8-9-29-16-11-15(22-18(16)26)19(28)24-7-5-20(12-24)3-4-20/h2,6,10-11,13,17,21-23H,3-5,7-9,12H2,1H3. The summed E-state index contributed by atoms with van der Waals surface area (Å²) in [6, 6.07) is 1.82. The number of allylic oxidation sites excluding steroid dienone is 1. The molecule has 29 heavy (non-hydrogen) atoms. The Morgan fingerprint density at radius 3 is 2.93 bits per heavy atom. The van der Waals surface area contributed by atoms with Gasteiger partial charge in [-0.2, -0.15) is 0 Å². The van der Waals surface area contributed by atoms with Crippen LogP contribution in [0.25, 0.3) is 0 Å². The van der Waals surface area contributed by atoms with Crippen LogP contribution in [0.15, 0.2) is 30.1 Å². The number of nitrogens with zero attached hydrogens (tertiary/aromatic N) is 3. The third-order valence-electron chi connectivity index (χ3n) is 6.31. The molecule has 2 fully saturated rings. The van der Waals surface area contributed by atoms with Crippen molar-refractivity contribution < 1.29 is 14.3 Å². The van der Waals surface area contributed by atoms with Crippen molar-refractivity contribution in [2.24, 2.45) is 5.41 Å². The van der Waals surface area contributed by atoms with Gasteiger partial charge in [0.1, 0.15) is 18.5 Å². The lowest BCUT2D eigenvalue weighted by Crippen LogP contribution is -2.48. The number of likely N-dealkylation sites (tertiary alicyclic amines) is 1. The molecule has 1 spiro atoms. The Balaban J connectivity index is 1.39. The summed E-state index contributed by atoms with van der Waals surface area (Å²) in [5.41, 5.74) is 7.82. The Kier molecular flexibility index (Phi) is 4.36. The fourth-order valence-corrected chi connectivity index (χ4v) is 4.43. The number of ether oxygens (including phenoxy) is 1. The van der Waals surface area contributed by atoms with E-state index in [0.29, 0.717) is 30.0 Å². The van der Waals surface area contributed by atoms with E-state index in [-0.39, 0.29) is 12.1 Å². The minimum absolute atomic E-state index is 0.0433. The van der Waals surface area contributed by atoms with Gasteiger partial charge in [-0.25, -0.2) is 5.43 Å². The largest absolute Gasteiger partial charge is 0.488 e. The molecule has 0 radical (unpaired) electrons. The highest BCUT2D eigenvalue weighted by Crippen LogP contribution is 2.52. The molecule has 5 rings (SSSR count). The second kappa shape index (κ2) is 6.93. The SMILES string of the molecule is CNNC1C=C(N2CCOc3cc(C(=O)N4CCC5(CC5)C4)[nH]c32)C=CN1C=O. The molecule has 1 aromatic heterocycles. The van der Waals surface area contributed by atoms with Crippen molar-refractivity contribution in [3.8, 4) is 5.75 Å². The van der Waals surface area contributed by atoms with Crippen LogP contribution in [0.1, 0.15) is 29.8 Å². The molecule has 9 heteroatoms. The van der Waals surface area contributed by atoms with Crippen molar-refractivity contribution in [3.05, 3.63) is 35.8 Å². The van der Waals surface area contributed by atoms with Crippen LogP contribution in [0.2, 0.25) is 0 Å². The average molecular weight is 398 g/mol. The van der Waals surface area contributed by atoms with E-state index >= 15 is 0 Å². The first-order chi connectivity index (χ1) is 14.1. The smallest absolute Gasteiger partial charge is 0.270 e. The van der Waals surface area contributed by atoms with Gasteiger partial charge < -0.3 is 24.4 Å². The predicted molar refractivity (Wildman–Crippen MR) is 107 cm³/mol. The molecule has 1 aliphatic carbocycles. The maximum atomic E-state index is 13.0. The lowest BCUT2D eigenvalue weighted by molar-refractivity contribution is -0.117. The van der Waals surface area contributed by atoms with Gasteiger partial charge in [-0.15, -0.1) is 0 Å². The molecule has 3 aliphatic heterocycles. The molecule has 1 unspecified atom stereocenters. The summed E-state index contributed by atoms with van der Waals surface area (Å²) in [6.07, 6.45) is 9.66. The average Bonchev–Trinajstić information content (AvgIpc) is 3.16. The van der Waals surface area contributed by atoms with E-state index < -0.39 is 0 Å². The number of H-pyrrole nitrogens is 1. The first-order valence-electron chi connectivity index (χ1n) is 10.1. The van der Waals surface area contributed by atoms with Gasteiger partial charge in [0, 0.05) is 31.1 Å². The van der Waals surface area contributed by atoms with E-state index in [1.54, 1.807) is 13.2 Å². The van der Waals surface area contributed by atoms with Crippen molar-refractivity contribution in [2.75, 3.05) is 38.2 Å². The summed E-state index contributed by atoms with van der Waals surface area (Å²) >= 11 is 0. The van der Waals surface area contributed by atoms with Crippen molar-refractivity contribution in [3.63, 3.8) is 0 Å². The summed E-state index contributed by atoms with van der Waals surface area (Å²) in [5.74, 6) is 1.51. The molecule has 1 saturated heterocycles. The lowest BCUT2D eigenvalue weighted by atomic mass is 10.1. The van der Waals surface area contributed by atoms with E-state index in [1.165, 1.54) is 17.7 Å². The topological polar surface area (TPSA) is 92.9 Å². The molecular formula is C20H26N6O3. The van der Waals surface area contributed by atoms with E-state index in [0.717, 1.165) is 37.4 Å². The van der Waals surface area contributed by atoms with Crippen LogP contribution in [0.5, 0.6) is 5.75 Å². The molecular weight excluding hydrogens is 372 g/mol. The minimum Gasteiger partial charge on any atom is -0.488 e. The van der Waals surface area contributed by atoms with Gasteiger partial charge in [0.05, 0.1) is 6.54 Å². The molecule has 1 saturated carbocycles. The molecule has 1 atom stereocenters. The summed E-state index contributed by atoms with van der Waals surface area (Å²) in [7, 11) is 1.76. The second-order valence-electron chi connectivity index (χ2n) is 8.17. The van der Waals surface area contributed by atoms with Crippen LogP contribution in [0, 0.1) is 5.41 Å². The van der Waals surface area contributed by atoms with Crippen LogP contribution in [-0.4, -0.2) is 66.6 Å². The van der Waals surface area contributed by atoms with Gasteiger partial charge in [-0.3, -0.25) is 15.0 Å². The van der Waals surface area contributed by atoms with Crippen molar-refractivity contribution in [1.29, 1.82) is 0 Å². The van der Waals surface area contributed by atoms with Gasteiger partial charge in [0.25, 0.3) is 5.91 Å². The number of hydrazine groups is 1. The van der Waals surface area contributed by atoms with Gasteiger partial charge in [0.15, 0.2) is 11.6 Å². The molecule has 2 amide bonds. The van der Waals surface area contributed by atoms with Crippen LogP contribution in [0.4, 0.5) is 5.82 Å². The van der Waals surface area contributed by atoms with E-state index in [4.69, 9.17) is 4.74 Å². The monoisotopic (exact) mass is 398 g/mol. The lowest BCUT2D eigenvalue weighted by Gasteiger charge is -2.34. The molecule has 0 aromatic carbocycles. The third kappa shape index (κ3) is 3.20. The fraction of sp³-hybridized carbons (Fsp3) is 0.500. The van der Waals surface area contributed by atoms with Crippen LogP contribution < -0.4 is 20.5 Å². The molecule has 154 valence electrons. The maximum Gasteiger partial charge on any atom is 0.270 e. The number of nitrogens with one attached hydrogen (secondary N) is 3. The zero-order valence-corrected chi connectivity index (χ0v) is 16.5. The van der Waals surface area contributed by atoms with Crippen LogP contribution in [0.3, 0.4) is 0 Å². The molecule has 4 aliphatic rings. The van der Waals surface area contributed by atoms with Crippen molar-refractivity contribution in [1.82, 2.24) is 25.6 Å². The number of anilines is 1. The summed E-state index contributed by atoms with van der Waals surface area (Å²) in [4.78, 5) is 33.2. The van der Waals surface area contributed by atoms with Gasteiger partial charge >= 0.3 is 0 Å². The van der Waals surface area contributed by atoms with Gasteiger partial charge in [-0.1, -0.05) is 0 Å². The molecule has 9 nitrogen and oxygen atoms in total. The Hall–Kier alpha value is -2.78. The van der Waals surface area contributed by atoms with Crippen molar-refractivity contribution >= 4 is 18.1 Å². The summed E-state index contributed by atoms with van der Waals surface area (Å²) in [6.45, 7) is 2.88. The zero-order valence-electron chi connectivity index (χ0n) is 16.5. The number of carbonyl (C=O) groups excluding carboxylic acids is 2. The van der Waals surface area contributed by atoms with E-state index in [2.05, 4.69) is 20.7 Å². The fourth-order valence-electron chi connectivity index (χ4n) is 4.43. The second-order valence-corrected chi connectivity index (χ2v) is 8.17. The molecule has 4 heterocycles. The Bertz CT molecular complexity index is 887. The Labute approximate surface area is 169 Å². The summed E-state index contributed by atoms with van der Waals surface area (Å²) < 4.78 is 5.82. The normalized spacial score (nSPS) is 24.4. The Morgan fingerprint density at radius 1 is 1.34 bits per heavy atom. The highest BCUT2D eigenvalue weighted by Gasteiger charge is 2.49. The van der Waals surface area contributed by atoms with Crippen molar-refractivity contribution in [2.45, 2.75) is 25.4 Å². The Morgan fingerprint density at radius 2 is 2.21 bits per heavy atom. The van der Waals surface area contributed by atoms with Crippen LogP contribution in [-0.2, 0) is 4.79 Å².